The second-order valence-electron chi connectivity index (χ2n) is 5.38. The summed E-state index contributed by atoms with van der Waals surface area (Å²) >= 11 is 0. The third-order valence-electron chi connectivity index (χ3n) is 3.97. The molecule has 3 aromatic heterocycles. The molecule has 22 heavy (non-hydrogen) atoms. The van der Waals surface area contributed by atoms with Crippen molar-refractivity contribution >= 4 is 22.8 Å². The van der Waals surface area contributed by atoms with Crippen LogP contribution in [0, 0.1) is 20.8 Å². The van der Waals surface area contributed by atoms with Gasteiger partial charge in [0.05, 0.1) is 23.8 Å². The number of fused-ring (bicyclic) bond motifs is 1. The SMILES string of the molecule is Cc1nn(CCNc2nc(N)c3cnn(C)c3n2)c(C)c1C. The van der Waals surface area contributed by atoms with Gasteiger partial charge in [-0.15, -0.1) is 0 Å². The fourth-order valence-electron chi connectivity index (χ4n) is 2.40. The van der Waals surface area contributed by atoms with Crippen LogP contribution >= 0.6 is 0 Å². The molecule has 0 aliphatic carbocycles. The van der Waals surface area contributed by atoms with E-state index in [1.54, 1.807) is 10.9 Å². The van der Waals surface area contributed by atoms with E-state index in [2.05, 4.69) is 39.3 Å². The molecular formula is C14H20N8. The number of aryl methyl sites for hydroxylation is 2. The molecule has 0 atom stereocenters. The summed E-state index contributed by atoms with van der Waals surface area (Å²) in [5.41, 5.74) is 10.1. The number of anilines is 2. The fourth-order valence-corrected chi connectivity index (χ4v) is 2.40. The summed E-state index contributed by atoms with van der Waals surface area (Å²) in [6, 6.07) is 0. The maximum Gasteiger partial charge on any atom is 0.226 e. The standard InChI is InChI=1S/C14H20N8/c1-8-9(2)20-22(10(8)3)6-5-16-14-18-12(15)11-7-17-21(4)13(11)19-14/h7H,5-6H2,1-4H3,(H3,15,16,18,19). The Morgan fingerprint density at radius 2 is 2.00 bits per heavy atom. The lowest BCUT2D eigenvalue weighted by molar-refractivity contribution is 0.613. The molecule has 0 fully saturated rings. The predicted molar refractivity (Wildman–Crippen MR) is 85.6 cm³/mol. The predicted octanol–water partition coefficient (Wildman–Crippen LogP) is 1.18. The van der Waals surface area contributed by atoms with Crippen molar-refractivity contribution < 1.29 is 0 Å². The molecule has 0 unspecified atom stereocenters. The first-order valence-corrected chi connectivity index (χ1v) is 7.17. The molecule has 0 aliphatic heterocycles. The van der Waals surface area contributed by atoms with Crippen LogP contribution in [0.1, 0.15) is 17.0 Å². The zero-order chi connectivity index (χ0) is 15.9. The molecule has 0 spiro atoms. The van der Waals surface area contributed by atoms with Crippen LogP contribution in [0.2, 0.25) is 0 Å². The molecule has 3 N–H and O–H groups in total. The second kappa shape index (κ2) is 5.28. The zero-order valence-electron chi connectivity index (χ0n) is 13.3. The lowest BCUT2D eigenvalue weighted by atomic mass is 10.2. The Morgan fingerprint density at radius 1 is 1.23 bits per heavy atom. The number of nitrogens with one attached hydrogen (secondary N) is 1. The molecule has 0 radical (unpaired) electrons. The first-order chi connectivity index (χ1) is 10.5. The summed E-state index contributed by atoms with van der Waals surface area (Å²) in [5.74, 6) is 0.939. The summed E-state index contributed by atoms with van der Waals surface area (Å²) in [7, 11) is 1.83. The Labute approximate surface area is 128 Å². The van der Waals surface area contributed by atoms with E-state index in [9.17, 15) is 0 Å². The van der Waals surface area contributed by atoms with Gasteiger partial charge < -0.3 is 11.1 Å². The lowest BCUT2D eigenvalue weighted by Gasteiger charge is -2.08. The minimum Gasteiger partial charge on any atom is -0.383 e. The van der Waals surface area contributed by atoms with Crippen molar-refractivity contribution in [2.24, 2.45) is 7.05 Å². The molecular weight excluding hydrogens is 280 g/mol. The van der Waals surface area contributed by atoms with Crippen LogP contribution in [0.15, 0.2) is 6.20 Å². The lowest BCUT2D eigenvalue weighted by Crippen LogP contribution is -2.15. The van der Waals surface area contributed by atoms with Crippen LogP contribution in [0.3, 0.4) is 0 Å². The molecule has 8 heteroatoms. The highest BCUT2D eigenvalue weighted by molar-refractivity contribution is 5.86. The van der Waals surface area contributed by atoms with Crippen LogP contribution in [0.25, 0.3) is 11.0 Å². The van der Waals surface area contributed by atoms with E-state index in [4.69, 9.17) is 5.73 Å². The molecule has 8 nitrogen and oxygen atoms in total. The third-order valence-corrected chi connectivity index (χ3v) is 3.97. The second-order valence-corrected chi connectivity index (χ2v) is 5.38. The summed E-state index contributed by atoms with van der Waals surface area (Å²) in [5, 5.41) is 12.6. The number of hydrogen-bond acceptors (Lipinski definition) is 6. The van der Waals surface area contributed by atoms with Crippen molar-refractivity contribution in [1.82, 2.24) is 29.5 Å². The van der Waals surface area contributed by atoms with E-state index in [-0.39, 0.29) is 0 Å². The van der Waals surface area contributed by atoms with Crippen LogP contribution in [0.4, 0.5) is 11.8 Å². The van der Waals surface area contributed by atoms with Crippen molar-refractivity contribution in [3.8, 4) is 0 Å². The van der Waals surface area contributed by atoms with Crippen LogP contribution in [-0.2, 0) is 13.6 Å². The normalized spacial score (nSPS) is 11.3. The topological polar surface area (TPSA) is 99.5 Å². The third kappa shape index (κ3) is 2.36. The maximum atomic E-state index is 5.94. The van der Waals surface area contributed by atoms with Gasteiger partial charge in [-0.2, -0.15) is 20.2 Å². The number of nitrogens with zero attached hydrogens (tertiary/aromatic N) is 6. The molecule has 3 aromatic rings. The van der Waals surface area contributed by atoms with Gasteiger partial charge in [0.25, 0.3) is 0 Å². The van der Waals surface area contributed by atoms with Crippen molar-refractivity contribution in [2.45, 2.75) is 27.3 Å². The van der Waals surface area contributed by atoms with Gasteiger partial charge in [-0.25, -0.2) is 0 Å². The highest BCUT2D eigenvalue weighted by atomic mass is 15.3. The molecule has 116 valence electrons. The first kappa shape index (κ1) is 14.3. The summed E-state index contributed by atoms with van der Waals surface area (Å²) in [4.78, 5) is 8.70. The average Bonchev–Trinajstić information content (AvgIpc) is 2.96. The minimum absolute atomic E-state index is 0.433. The summed E-state index contributed by atoms with van der Waals surface area (Å²) < 4.78 is 3.67. The number of hydrogen-bond donors (Lipinski definition) is 2. The zero-order valence-corrected chi connectivity index (χ0v) is 13.3. The first-order valence-electron chi connectivity index (χ1n) is 7.17. The largest absolute Gasteiger partial charge is 0.383 e. The molecule has 3 heterocycles. The van der Waals surface area contributed by atoms with E-state index in [1.807, 2.05) is 18.7 Å². The van der Waals surface area contributed by atoms with E-state index in [0.717, 1.165) is 23.3 Å². The Kier molecular flexibility index (Phi) is 3.44. The van der Waals surface area contributed by atoms with Gasteiger partial charge in [-0.3, -0.25) is 9.36 Å². The number of nitrogens with two attached hydrogens (primary N) is 1. The number of aromatic nitrogens is 6. The van der Waals surface area contributed by atoms with Gasteiger partial charge in [-0.1, -0.05) is 0 Å². The van der Waals surface area contributed by atoms with E-state index in [1.165, 1.54) is 11.3 Å². The minimum atomic E-state index is 0.433. The molecule has 0 bridgehead atoms. The van der Waals surface area contributed by atoms with Gasteiger partial charge in [0.2, 0.25) is 5.95 Å². The average molecular weight is 300 g/mol. The Bertz CT molecular complexity index is 829. The van der Waals surface area contributed by atoms with Crippen molar-refractivity contribution in [3.05, 3.63) is 23.1 Å². The molecule has 0 saturated carbocycles. The number of nitrogen functional groups attached to an aromatic ring is 1. The summed E-state index contributed by atoms with van der Waals surface area (Å²) in [6.07, 6.45) is 1.67. The van der Waals surface area contributed by atoms with Gasteiger partial charge in [0.1, 0.15) is 5.82 Å². The van der Waals surface area contributed by atoms with E-state index < -0.39 is 0 Å². The van der Waals surface area contributed by atoms with E-state index in [0.29, 0.717) is 18.3 Å². The smallest absolute Gasteiger partial charge is 0.226 e. The molecule has 0 saturated heterocycles. The van der Waals surface area contributed by atoms with Crippen LogP contribution in [0.5, 0.6) is 0 Å². The highest BCUT2D eigenvalue weighted by Gasteiger charge is 2.10. The van der Waals surface area contributed by atoms with Crippen LogP contribution in [-0.4, -0.2) is 36.1 Å². The summed E-state index contributed by atoms with van der Waals surface area (Å²) in [6.45, 7) is 7.59. The van der Waals surface area contributed by atoms with Crippen molar-refractivity contribution in [2.75, 3.05) is 17.6 Å². The van der Waals surface area contributed by atoms with Gasteiger partial charge in [0, 0.05) is 19.3 Å². The monoisotopic (exact) mass is 300 g/mol. The maximum absolute atomic E-state index is 5.94. The van der Waals surface area contributed by atoms with E-state index >= 15 is 0 Å². The quantitative estimate of drug-likeness (QED) is 0.750. The number of rotatable bonds is 4. The Hall–Kier alpha value is -2.64. The Balaban J connectivity index is 1.74. The fraction of sp³-hybridized carbons (Fsp3) is 0.429. The molecule has 0 aromatic carbocycles. The Morgan fingerprint density at radius 3 is 2.68 bits per heavy atom. The van der Waals surface area contributed by atoms with Gasteiger partial charge in [0.15, 0.2) is 5.65 Å². The van der Waals surface area contributed by atoms with Gasteiger partial charge in [-0.05, 0) is 26.3 Å². The van der Waals surface area contributed by atoms with Crippen LogP contribution < -0.4 is 11.1 Å². The van der Waals surface area contributed by atoms with Gasteiger partial charge >= 0.3 is 0 Å². The van der Waals surface area contributed by atoms with Crippen molar-refractivity contribution in [3.63, 3.8) is 0 Å². The molecule has 3 rings (SSSR count). The molecule has 0 aliphatic rings. The van der Waals surface area contributed by atoms with Crippen molar-refractivity contribution in [1.29, 1.82) is 0 Å². The molecule has 0 amide bonds. The highest BCUT2D eigenvalue weighted by Crippen LogP contribution is 2.18.